The van der Waals surface area contributed by atoms with Crippen LogP contribution in [0.5, 0.6) is 0 Å². The Morgan fingerprint density at radius 3 is 1.61 bits per heavy atom. The van der Waals surface area contributed by atoms with Gasteiger partial charge in [-0.25, -0.2) is 0 Å². The highest BCUT2D eigenvalue weighted by Gasteiger charge is 2.19. The summed E-state index contributed by atoms with van der Waals surface area (Å²) in [5.74, 6) is 0. The summed E-state index contributed by atoms with van der Waals surface area (Å²) in [5, 5.41) is 1.96. The fourth-order valence-corrected chi connectivity index (χ4v) is 1.86. The third-order valence-corrected chi connectivity index (χ3v) is 3.58. The van der Waals surface area contributed by atoms with Crippen LogP contribution in [0.2, 0.25) is 5.02 Å². The Balaban J connectivity index is 3.16. The molecule has 0 N–H and O–H groups in total. The summed E-state index contributed by atoms with van der Waals surface area (Å²) < 4.78 is 0. The molecule has 0 amide bonds. The van der Waals surface area contributed by atoms with E-state index < -0.39 is 0 Å². The summed E-state index contributed by atoms with van der Waals surface area (Å²) in [5.41, 5.74) is 0.900. The second-order valence-corrected chi connectivity index (χ2v) is 5.33. The van der Waals surface area contributed by atoms with Gasteiger partial charge in [0.05, 0.1) is 5.69 Å². The smallest absolute Gasteiger partial charge is 0.182 e. The molecule has 1 aromatic carbocycles. The summed E-state index contributed by atoms with van der Waals surface area (Å²) in [6.07, 6.45) is 0. The van der Waals surface area contributed by atoms with Crippen LogP contribution < -0.4 is 4.90 Å². The molecule has 6 heteroatoms. The van der Waals surface area contributed by atoms with E-state index in [1.807, 2.05) is 67.2 Å². The third kappa shape index (κ3) is 3.54. The van der Waals surface area contributed by atoms with Crippen molar-refractivity contribution in [2.75, 3.05) is 33.1 Å². The Bertz CT molecular complexity index is 423. The first-order chi connectivity index (χ1) is 8.34. The van der Waals surface area contributed by atoms with Crippen molar-refractivity contribution in [2.45, 2.75) is 0 Å². The minimum absolute atomic E-state index is 0.635. The molecule has 0 saturated heterocycles. The highest BCUT2D eigenvalue weighted by atomic mass is 35.5. The van der Waals surface area contributed by atoms with Gasteiger partial charge in [-0.3, -0.25) is 4.90 Å². The van der Waals surface area contributed by atoms with Gasteiger partial charge in [-0.15, -0.1) is 0 Å². The fourth-order valence-electron chi connectivity index (χ4n) is 1.29. The first-order valence-electron chi connectivity index (χ1n) is 5.33. The van der Waals surface area contributed by atoms with Crippen molar-refractivity contribution in [3.63, 3.8) is 0 Å². The van der Waals surface area contributed by atoms with Crippen molar-refractivity contribution in [3.05, 3.63) is 29.3 Å². The number of hydrogen-bond acceptors (Lipinski definition) is 2. The van der Waals surface area contributed by atoms with E-state index in [2.05, 4.69) is 0 Å². The molecule has 3 nitrogen and oxygen atoms in total. The van der Waals surface area contributed by atoms with Crippen LogP contribution in [0.15, 0.2) is 24.3 Å². The molecule has 1 aromatic rings. The number of benzene rings is 1. The standard InChI is InChI=1S/C12H16ClN3S2/c1-14(2)11(17)16(12(18)15(3)4)10-7-5-9(13)6-8-10/h5-8H,1-4H3. The maximum atomic E-state index is 5.90. The zero-order valence-corrected chi connectivity index (χ0v) is 13.2. The van der Waals surface area contributed by atoms with E-state index in [9.17, 15) is 0 Å². The van der Waals surface area contributed by atoms with Crippen LogP contribution in [0.1, 0.15) is 0 Å². The quantitative estimate of drug-likeness (QED) is 0.736. The number of halogens is 1. The Labute approximate surface area is 124 Å². The molecule has 0 saturated carbocycles. The first kappa shape index (κ1) is 15.1. The van der Waals surface area contributed by atoms with Gasteiger partial charge < -0.3 is 9.80 Å². The summed E-state index contributed by atoms with van der Waals surface area (Å²) in [6, 6.07) is 7.43. The summed E-state index contributed by atoms with van der Waals surface area (Å²) in [6.45, 7) is 0. The molecule has 0 fully saturated rings. The maximum Gasteiger partial charge on any atom is 0.182 e. The van der Waals surface area contributed by atoms with Crippen molar-refractivity contribution < 1.29 is 0 Å². The number of anilines is 1. The Kier molecular flexibility index (Phi) is 5.31. The molecular weight excluding hydrogens is 286 g/mol. The lowest BCUT2D eigenvalue weighted by molar-refractivity contribution is 0.603. The van der Waals surface area contributed by atoms with Crippen LogP contribution in [0.25, 0.3) is 0 Å². The van der Waals surface area contributed by atoms with Crippen molar-refractivity contribution in [2.24, 2.45) is 0 Å². The number of hydrogen-bond donors (Lipinski definition) is 0. The lowest BCUT2D eigenvalue weighted by atomic mass is 10.3. The van der Waals surface area contributed by atoms with Crippen LogP contribution in [-0.2, 0) is 0 Å². The van der Waals surface area contributed by atoms with Gasteiger partial charge in [0.2, 0.25) is 0 Å². The maximum absolute atomic E-state index is 5.90. The van der Waals surface area contributed by atoms with Gasteiger partial charge in [0.25, 0.3) is 0 Å². The molecule has 0 aliphatic heterocycles. The number of rotatable bonds is 1. The van der Waals surface area contributed by atoms with Crippen LogP contribution >= 0.6 is 36.0 Å². The molecule has 18 heavy (non-hydrogen) atoms. The molecular formula is C12H16ClN3S2. The monoisotopic (exact) mass is 301 g/mol. The average Bonchev–Trinajstić information content (AvgIpc) is 2.31. The predicted octanol–water partition coefficient (Wildman–Crippen LogP) is 2.84. The molecule has 0 radical (unpaired) electrons. The number of thiocarbonyl (C=S) groups is 2. The van der Waals surface area contributed by atoms with Crippen LogP contribution in [0.3, 0.4) is 0 Å². The van der Waals surface area contributed by atoms with Crippen molar-refractivity contribution in [1.29, 1.82) is 0 Å². The highest BCUT2D eigenvalue weighted by molar-refractivity contribution is 7.82. The second kappa shape index (κ2) is 6.31. The fraction of sp³-hybridized carbons (Fsp3) is 0.333. The van der Waals surface area contributed by atoms with E-state index in [0.717, 1.165) is 5.69 Å². The van der Waals surface area contributed by atoms with E-state index in [0.29, 0.717) is 15.2 Å². The van der Waals surface area contributed by atoms with Gasteiger partial charge in [0.1, 0.15) is 0 Å². The van der Waals surface area contributed by atoms with Crippen molar-refractivity contribution in [1.82, 2.24) is 9.80 Å². The highest BCUT2D eigenvalue weighted by Crippen LogP contribution is 2.20. The normalized spacial score (nSPS) is 9.83. The summed E-state index contributed by atoms with van der Waals surface area (Å²) >= 11 is 16.7. The minimum Gasteiger partial charge on any atom is -0.355 e. The van der Waals surface area contributed by atoms with Gasteiger partial charge in [-0.2, -0.15) is 0 Å². The van der Waals surface area contributed by atoms with Gasteiger partial charge in [-0.05, 0) is 48.7 Å². The minimum atomic E-state index is 0.635. The Hall–Kier alpha value is -0.910. The zero-order valence-electron chi connectivity index (χ0n) is 10.8. The molecule has 0 bridgehead atoms. The molecule has 0 aromatic heterocycles. The Morgan fingerprint density at radius 1 is 0.889 bits per heavy atom. The summed E-state index contributed by atoms with van der Waals surface area (Å²) in [4.78, 5) is 5.53. The first-order valence-corrected chi connectivity index (χ1v) is 6.52. The lowest BCUT2D eigenvalue weighted by Gasteiger charge is -2.32. The average molecular weight is 302 g/mol. The third-order valence-electron chi connectivity index (χ3n) is 2.23. The van der Waals surface area contributed by atoms with E-state index in [1.165, 1.54) is 0 Å². The molecule has 0 heterocycles. The van der Waals surface area contributed by atoms with Gasteiger partial charge in [-0.1, -0.05) is 11.6 Å². The molecule has 0 aliphatic rings. The largest absolute Gasteiger partial charge is 0.355 e. The molecule has 1 rings (SSSR count). The second-order valence-electron chi connectivity index (χ2n) is 4.17. The van der Waals surface area contributed by atoms with E-state index in [1.54, 1.807) is 0 Å². The SMILES string of the molecule is CN(C)C(=S)N(C(=S)N(C)C)c1ccc(Cl)cc1. The molecule has 0 unspecified atom stereocenters. The van der Waals surface area contributed by atoms with Crippen LogP contribution in [-0.4, -0.2) is 48.2 Å². The molecule has 0 spiro atoms. The van der Waals surface area contributed by atoms with E-state index in [-0.39, 0.29) is 0 Å². The predicted molar refractivity (Wildman–Crippen MR) is 86.5 cm³/mol. The molecule has 98 valence electrons. The molecule has 0 atom stereocenters. The lowest BCUT2D eigenvalue weighted by Crippen LogP contribution is -2.47. The van der Waals surface area contributed by atoms with E-state index >= 15 is 0 Å². The van der Waals surface area contributed by atoms with Gasteiger partial charge in [0.15, 0.2) is 10.2 Å². The van der Waals surface area contributed by atoms with Crippen molar-refractivity contribution >= 4 is 51.9 Å². The molecule has 0 aliphatic carbocycles. The number of nitrogens with zero attached hydrogens (tertiary/aromatic N) is 3. The summed E-state index contributed by atoms with van der Waals surface area (Å²) in [7, 11) is 7.57. The topological polar surface area (TPSA) is 9.72 Å². The van der Waals surface area contributed by atoms with Gasteiger partial charge >= 0.3 is 0 Å². The van der Waals surface area contributed by atoms with Crippen LogP contribution in [0.4, 0.5) is 5.69 Å². The zero-order chi connectivity index (χ0) is 13.9. The van der Waals surface area contributed by atoms with Crippen molar-refractivity contribution in [3.8, 4) is 0 Å². The van der Waals surface area contributed by atoms with Gasteiger partial charge in [0, 0.05) is 33.2 Å². The Morgan fingerprint density at radius 2 is 1.28 bits per heavy atom. The van der Waals surface area contributed by atoms with E-state index in [4.69, 9.17) is 36.0 Å². The van der Waals surface area contributed by atoms with Crippen LogP contribution in [0, 0.1) is 0 Å².